The van der Waals surface area contributed by atoms with Crippen LogP contribution in [0.2, 0.25) is 0 Å². The Bertz CT molecular complexity index is 512. The lowest BCUT2D eigenvalue weighted by atomic mass is 10.2. The highest BCUT2D eigenvalue weighted by molar-refractivity contribution is 5.34. The van der Waals surface area contributed by atoms with E-state index in [0.29, 0.717) is 18.1 Å². The van der Waals surface area contributed by atoms with Crippen LogP contribution in [0, 0.1) is 18.3 Å². The maximum atomic E-state index is 8.79. The molecule has 0 fully saturated rings. The number of aromatic nitrogens is 1. The lowest BCUT2D eigenvalue weighted by molar-refractivity contribution is 0.260. The third kappa shape index (κ3) is 2.39. The summed E-state index contributed by atoms with van der Waals surface area (Å²) in [5.41, 5.74) is 1.30. The summed E-state index contributed by atoms with van der Waals surface area (Å²) in [6.07, 6.45) is 1.59. The van der Waals surface area contributed by atoms with Crippen molar-refractivity contribution in [2.45, 2.75) is 13.5 Å². The minimum atomic E-state index is 0.314. The van der Waals surface area contributed by atoms with Gasteiger partial charge in [-0.1, -0.05) is 0 Å². The average Bonchev–Trinajstić information content (AvgIpc) is 2.78. The summed E-state index contributed by atoms with van der Waals surface area (Å²) >= 11 is 0. The molecule has 0 bridgehead atoms. The fourth-order valence-electron chi connectivity index (χ4n) is 1.32. The number of pyridine rings is 1. The highest BCUT2D eigenvalue weighted by Crippen LogP contribution is 2.13. The van der Waals surface area contributed by atoms with Crippen molar-refractivity contribution in [3.63, 3.8) is 0 Å². The highest BCUT2D eigenvalue weighted by Gasteiger charge is 2.02. The Morgan fingerprint density at radius 1 is 1.50 bits per heavy atom. The van der Waals surface area contributed by atoms with Crippen LogP contribution in [0.5, 0.6) is 5.88 Å². The molecule has 0 amide bonds. The summed E-state index contributed by atoms with van der Waals surface area (Å²) < 4.78 is 10.5. The van der Waals surface area contributed by atoms with E-state index >= 15 is 0 Å². The summed E-state index contributed by atoms with van der Waals surface area (Å²) in [5.74, 6) is 1.16. The van der Waals surface area contributed by atoms with Gasteiger partial charge >= 0.3 is 0 Å². The van der Waals surface area contributed by atoms with Crippen LogP contribution in [-0.4, -0.2) is 4.98 Å². The van der Waals surface area contributed by atoms with Gasteiger partial charge in [0.1, 0.15) is 12.4 Å². The Hall–Kier alpha value is -2.28. The van der Waals surface area contributed by atoms with Gasteiger partial charge in [-0.3, -0.25) is 0 Å². The molecule has 0 saturated carbocycles. The standard InChI is InChI=1S/C12H10N2O2/c1-9-5-10(7-13)6-12(14-9)16-8-11-3-2-4-15-11/h2-6H,8H2,1H3. The van der Waals surface area contributed by atoms with E-state index in [0.717, 1.165) is 11.5 Å². The van der Waals surface area contributed by atoms with Gasteiger partial charge in [0.25, 0.3) is 0 Å². The molecule has 16 heavy (non-hydrogen) atoms. The van der Waals surface area contributed by atoms with E-state index in [1.54, 1.807) is 24.5 Å². The molecule has 0 aromatic carbocycles. The largest absolute Gasteiger partial charge is 0.469 e. The molecular weight excluding hydrogens is 204 g/mol. The Morgan fingerprint density at radius 3 is 3.06 bits per heavy atom. The molecule has 0 N–H and O–H groups in total. The maximum absolute atomic E-state index is 8.79. The monoisotopic (exact) mass is 214 g/mol. The van der Waals surface area contributed by atoms with Gasteiger partial charge in [-0.2, -0.15) is 5.26 Å². The predicted molar refractivity (Wildman–Crippen MR) is 56.7 cm³/mol. The van der Waals surface area contributed by atoms with Gasteiger partial charge in [0.15, 0.2) is 0 Å². The van der Waals surface area contributed by atoms with Gasteiger partial charge < -0.3 is 9.15 Å². The molecule has 0 unspecified atom stereocenters. The molecule has 4 heteroatoms. The topological polar surface area (TPSA) is 59.0 Å². The fourth-order valence-corrected chi connectivity index (χ4v) is 1.32. The van der Waals surface area contributed by atoms with Crippen LogP contribution in [0.4, 0.5) is 0 Å². The van der Waals surface area contributed by atoms with Crippen LogP contribution >= 0.6 is 0 Å². The molecule has 2 heterocycles. The lowest BCUT2D eigenvalue weighted by Crippen LogP contribution is -1.97. The number of nitriles is 1. The Morgan fingerprint density at radius 2 is 2.38 bits per heavy atom. The first-order valence-corrected chi connectivity index (χ1v) is 4.82. The van der Waals surface area contributed by atoms with Crippen LogP contribution in [0.15, 0.2) is 34.9 Å². The molecule has 0 aliphatic carbocycles. The summed E-state index contributed by atoms with van der Waals surface area (Å²) in [7, 11) is 0. The van der Waals surface area contributed by atoms with Crippen molar-refractivity contribution in [1.29, 1.82) is 5.26 Å². The van der Waals surface area contributed by atoms with Gasteiger partial charge in [0.05, 0.1) is 17.9 Å². The number of nitrogens with zero attached hydrogens (tertiary/aromatic N) is 2. The Labute approximate surface area is 93.1 Å². The summed E-state index contributed by atoms with van der Waals surface area (Å²) in [6, 6.07) is 8.99. The van der Waals surface area contributed by atoms with E-state index in [9.17, 15) is 0 Å². The van der Waals surface area contributed by atoms with Crippen LogP contribution < -0.4 is 4.74 Å². The number of hydrogen-bond acceptors (Lipinski definition) is 4. The van der Waals surface area contributed by atoms with Crippen molar-refractivity contribution in [3.8, 4) is 11.9 Å². The number of aryl methyl sites for hydroxylation is 1. The minimum Gasteiger partial charge on any atom is -0.469 e. The predicted octanol–water partition coefficient (Wildman–Crippen LogP) is 2.43. The third-order valence-corrected chi connectivity index (χ3v) is 2.00. The lowest BCUT2D eigenvalue weighted by Gasteiger charge is -2.04. The molecule has 2 aromatic heterocycles. The van der Waals surface area contributed by atoms with Gasteiger partial charge in [0.2, 0.25) is 5.88 Å². The molecule has 2 aromatic rings. The second-order valence-corrected chi connectivity index (χ2v) is 3.32. The molecule has 0 atom stereocenters. The van der Waals surface area contributed by atoms with Crippen molar-refractivity contribution >= 4 is 0 Å². The number of furan rings is 1. The molecule has 0 spiro atoms. The first kappa shape index (κ1) is 10.2. The zero-order valence-electron chi connectivity index (χ0n) is 8.80. The number of ether oxygens (including phenoxy) is 1. The van der Waals surface area contributed by atoms with Crippen LogP contribution in [-0.2, 0) is 6.61 Å². The molecule has 4 nitrogen and oxygen atoms in total. The SMILES string of the molecule is Cc1cc(C#N)cc(OCc2ccco2)n1. The Balaban J connectivity index is 2.10. The zero-order chi connectivity index (χ0) is 11.4. The van der Waals surface area contributed by atoms with Gasteiger partial charge in [-0.25, -0.2) is 4.98 Å². The molecular formula is C12H10N2O2. The van der Waals surface area contributed by atoms with E-state index in [-0.39, 0.29) is 0 Å². The number of rotatable bonds is 3. The highest BCUT2D eigenvalue weighted by atomic mass is 16.5. The minimum absolute atomic E-state index is 0.314. The summed E-state index contributed by atoms with van der Waals surface area (Å²) in [6.45, 7) is 2.13. The second kappa shape index (κ2) is 4.49. The van der Waals surface area contributed by atoms with E-state index in [1.807, 2.05) is 13.0 Å². The Kier molecular flexibility index (Phi) is 2.88. The first-order valence-electron chi connectivity index (χ1n) is 4.82. The van der Waals surface area contributed by atoms with E-state index < -0.39 is 0 Å². The van der Waals surface area contributed by atoms with Crippen LogP contribution in [0.3, 0.4) is 0 Å². The zero-order valence-corrected chi connectivity index (χ0v) is 8.80. The summed E-state index contributed by atoms with van der Waals surface area (Å²) in [5, 5.41) is 8.79. The smallest absolute Gasteiger partial charge is 0.215 e. The van der Waals surface area contributed by atoms with Crippen molar-refractivity contribution in [1.82, 2.24) is 4.98 Å². The summed E-state index contributed by atoms with van der Waals surface area (Å²) in [4.78, 5) is 4.17. The van der Waals surface area contributed by atoms with Crippen LogP contribution in [0.25, 0.3) is 0 Å². The van der Waals surface area contributed by atoms with Crippen molar-refractivity contribution in [2.24, 2.45) is 0 Å². The van der Waals surface area contributed by atoms with Crippen molar-refractivity contribution in [3.05, 3.63) is 47.5 Å². The molecule has 0 aliphatic heterocycles. The normalized spacial score (nSPS) is 9.75. The van der Waals surface area contributed by atoms with E-state index in [4.69, 9.17) is 14.4 Å². The van der Waals surface area contributed by atoms with Crippen molar-refractivity contribution in [2.75, 3.05) is 0 Å². The van der Waals surface area contributed by atoms with Crippen LogP contribution in [0.1, 0.15) is 17.0 Å². The van der Waals surface area contributed by atoms with E-state index in [1.165, 1.54) is 0 Å². The molecule has 0 aliphatic rings. The quantitative estimate of drug-likeness (QED) is 0.787. The second-order valence-electron chi connectivity index (χ2n) is 3.32. The number of hydrogen-bond donors (Lipinski definition) is 0. The van der Waals surface area contributed by atoms with Crippen molar-refractivity contribution < 1.29 is 9.15 Å². The third-order valence-electron chi connectivity index (χ3n) is 2.00. The average molecular weight is 214 g/mol. The maximum Gasteiger partial charge on any atom is 0.215 e. The molecule has 2 rings (SSSR count). The van der Waals surface area contributed by atoms with Gasteiger partial charge in [0, 0.05) is 11.8 Å². The van der Waals surface area contributed by atoms with E-state index in [2.05, 4.69) is 11.1 Å². The first-order chi connectivity index (χ1) is 7.78. The van der Waals surface area contributed by atoms with Gasteiger partial charge in [-0.15, -0.1) is 0 Å². The fraction of sp³-hybridized carbons (Fsp3) is 0.167. The van der Waals surface area contributed by atoms with Gasteiger partial charge in [-0.05, 0) is 25.1 Å². The molecule has 0 radical (unpaired) electrons. The molecule has 0 saturated heterocycles. The molecule has 80 valence electrons.